The number of hydrogen-bond donors (Lipinski definition) is 1. The van der Waals surface area contributed by atoms with E-state index in [9.17, 15) is 4.79 Å². The molecule has 22 heavy (non-hydrogen) atoms. The fraction of sp³-hybridized carbons (Fsp3) is 0.200. The lowest BCUT2D eigenvalue weighted by Crippen LogP contribution is -2.13. The van der Waals surface area contributed by atoms with Gasteiger partial charge in [-0.25, -0.2) is 4.98 Å². The topological polar surface area (TPSA) is 51.2 Å². The lowest BCUT2D eigenvalue weighted by molar-refractivity contribution is -0.116. The Labute approximate surface area is 143 Å². The third-order valence-electron chi connectivity index (χ3n) is 2.68. The van der Waals surface area contributed by atoms with Crippen molar-refractivity contribution in [2.24, 2.45) is 0 Å². The van der Waals surface area contributed by atoms with Gasteiger partial charge in [-0.3, -0.25) is 4.79 Å². The van der Waals surface area contributed by atoms with E-state index in [0.717, 1.165) is 0 Å². The van der Waals surface area contributed by atoms with Crippen molar-refractivity contribution in [1.29, 1.82) is 0 Å². The Morgan fingerprint density at radius 1 is 1.18 bits per heavy atom. The van der Waals surface area contributed by atoms with Crippen LogP contribution in [0.15, 0.2) is 36.4 Å². The molecular formula is C15H13Cl3N2O2. The van der Waals surface area contributed by atoms with E-state index in [0.29, 0.717) is 46.2 Å². The third kappa shape index (κ3) is 5.37. The average Bonchev–Trinajstić information content (AvgIpc) is 2.45. The van der Waals surface area contributed by atoms with Crippen LogP contribution in [0.5, 0.6) is 5.75 Å². The zero-order valence-corrected chi connectivity index (χ0v) is 13.8. The summed E-state index contributed by atoms with van der Waals surface area (Å²) in [4.78, 5) is 15.7. The number of nitrogens with one attached hydrogen (secondary N) is 1. The van der Waals surface area contributed by atoms with Crippen LogP contribution in [0.1, 0.15) is 12.8 Å². The smallest absolute Gasteiger partial charge is 0.225 e. The second-order valence-corrected chi connectivity index (χ2v) is 5.65. The molecule has 1 N–H and O–H groups in total. The van der Waals surface area contributed by atoms with Gasteiger partial charge >= 0.3 is 0 Å². The van der Waals surface area contributed by atoms with Crippen LogP contribution < -0.4 is 10.1 Å². The SMILES string of the molecule is O=C(CCCOc1ccc(Cl)cc1Cl)Nc1cccc(Cl)n1. The van der Waals surface area contributed by atoms with Crippen molar-refractivity contribution in [2.75, 3.05) is 11.9 Å². The van der Waals surface area contributed by atoms with Crippen molar-refractivity contribution >= 4 is 46.5 Å². The van der Waals surface area contributed by atoms with Crippen LogP contribution >= 0.6 is 34.8 Å². The Hall–Kier alpha value is -1.49. The zero-order valence-electron chi connectivity index (χ0n) is 11.5. The van der Waals surface area contributed by atoms with E-state index >= 15 is 0 Å². The van der Waals surface area contributed by atoms with Gasteiger partial charge in [-0.15, -0.1) is 0 Å². The summed E-state index contributed by atoms with van der Waals surface area (Å²) >= 11 is 17.5. The molecule has 0 aliphatic heterocycles. The van der Waals surface area contributed by atoms with Gasteiger partial charge in [0.1, 0.15) is 16.7 Å². The number of anilines is 1. The minimum Gasteiger partial charge on any atom is -0.492 e. The Bertz CT molecular complexity index is 665. The fourth-order valence-corrected chi connectivity index (χ4v) is 2.32. The summed E-state index contributed by atoms with van der Waals surface area (Å²) in [5.74, 6) is 0.822. The number of aromatic nitrogens is 1. The molecule has 0 radical (unpaired) electrons. The highest BCUT2D eigenvalue weighted by Crippen LogP contribution is 2.27. The summed E-state index contributed by atoms with van der Waals surface area (Å²) in [6, 6.07) is 10.0. The average molecular weight is 360 g/mol. The van der Waals surface area contributed by atoms with E-state index in [1.165, 1.54) is 0 Å². The number of benzene rings is 1. The zero-order chi connectivity index (χ0) is 15.9. The molecular weight excluding hydrogens is 347 g/mol. The lowest BCUT2D eigenvalue weighted by Gasteiger charge is -2.08. The van der Waals surface area contributed by atoms with Gasteiger partial charge in [0.15, 0.2) is 0 Å². The quantitative estimate of drug-likeness (QED) is 0.593. The summed E-state index contributed by atoms with van der Waals surface area (Å²) < 4.78 is 5.50. The summed E-state index contributed by atoms with van der Waals surface area (Å²) in [6.07, 6.45) is 0.852. The van der Waals surface area contributed by atoms with Gasteiger partial charge in [-0.05, 0) is 36.8 Å². The molecule has 2 rings (SSSR count). The van der Waals surface area contributed by atoms with E-state index in [1.807, 2.05) is 0 Å². The molecule has 2 aromatic rings. The number of carbonyl (C=O) groups excluding carboxylic acids is 1. The first-order valence-electron chi connectivity index (χ1n) is 6.55. The van der Waals surface area contributed by atoms with Crippen LogP contribution in [0, 0.1) is 0 Å². The van der Waals surface area contributed by atoms with E-state index in [1.54, 1.807) is 36.4 Å². The van der Waals surface area contributed by atoms with E-state index in [4.69, 9.17) is 39.5 Å². The van der Waals surface area contributed by atoms with Gasteiger partial charge in [0.05, 0.1) is 11.6 Å². The molecule has 0 aliphatic rings. The second-order valence-electron chi connectivity index (χ2n) is 4.42. The number of nitrogens with zero attached hydrogens (tertiary/aromatic N) is 1. The minimum atomic E-state index is -0.152. The second kappa shape index (κ2) is 8.22. The molecule has 1 heterocycles. The van der Waals surface area contributed by atoms with Gasteiger partial charge in [0.25, 0.3) is 0 Å². The number of halogens is 3. The highest BCUT2D eigenvalue weighted by molar-refractivity contribution is 6.35. The number of carbonyl (C=O) groups is 1. The van der Waals surface area contributed by atoms with Crippen LogP contribution in [-0.4, -0.2) is 17.5 Å². The number of rotatable bonds is 6. The largest absolute Gasteiger partial charge is 0.492 e. The predicted octanol–water partition coefficient (Wildman–Crippen LogP) is 4.84. The summed E-state index contributed by atoms with van der Waals surface area (Å²) in [5, 5.41) is 3.99. The molecule has 1 amide bonds. The number of pyridine rings is 1. The van der Waals surface area contributed by atoms with Crippen LogP contribution in [0.25, 0.3) is 0 Å². The molecule has 1 aromatic carbocycles. The van der Waals surface area contributed by atoms with Crippen molar-refractivity contribution in [2.45, 2.75) is 12.8 Å². The molecule has 116 valence electrons. The number of amides is 1. The lowest BCUT2D eigenvalue weighted by atomic mass is 10.3. The number of hydrogen-bond acceptors (Lipinski definition) is 3. The predicted molar refractivity (Wildman–Crippen MR) is 89.1 cm³/mol. The Morgan fingerprint density at radius 3 is 2.73 bits per heavy atom. The molecule has 0 saturated heterocycles. The van der Waals surface area contributed by atoms with E-state index < -0.39 is 0 Å². The van der Waals surface area contributed by atoms with Gasteiger partial charge in [-0.2, -0.15) is 0 Å². The maximum Gasteiger partial charge on any atom is 0.225 e. The van der Waals surface area contributed by atoms with Crippen LogP contribution in [0.4, 0.5) is 5.82 Å². The summed E-state index contributed by atoms with van der Waals surface area (Å²) in [5.41, 5.74) is 0. The van der Waals surface area contributed by atoms with E-state index in [2.05, 4.69) is 10.3 Å². The minimum absolute atomic E-state index is 0.152. The molecule has 1 aromatic heterocycles. The fourth-order valence-electron chi connectivity index (χ4n) is 1.69. The molecule has 0 atom stereocenters. The molecule has 0 saturated carbocycles. The van der Waals surface area contributed by atoms with E-state index in [-0.39, 0.29) is 5.91 Å². The molecule has 4 nitrogen and oxygen atoms in total. The molecule has 0 spiro atoms. The van der Waals surface area contributed by atoms with Crippen LogP contribution in [-0.2, 0) is 4.79 Å². The normalized spacial score (nSPS) is 10.3. The first-order valence-corrected chi connectivity index (χ1v) is 7.68. The van der Waals surface area contributed by atoms with Crippen LogP contribution in [0.2, 0.25) is 15.2 Å². The van der Waals surface area contributed by atoms with Crippen molar-refractivity contribution in [3.8, 4) is 5.75 Å². The van der Waals surface area contributed by atoms with Gasteiger partial charge in [0.2, 0.25) is 5.91 Å². The Morgan fingerprint density at radius 2 is 2.00 bits per heavy atom. The number of ether oxygens (including phenoxy) is 1. The van der Waals surface area contributed by atoms with Gasteiger partial charge < -0.3 is 10.1 Å². The van der Waals surface area contributed by atoms with Crippen molar-refractivity contribution in [3.63, 3.8) is 0 Å². The Balaban J connectivity index is 1.73. The molecule has 0 fully saturated rings. The van der Waals surface area contributed by atoms with Gasteiger partial charge in [0, 0.05) is 11.4 Å². The molecule has 0 aliphatic carbocycles. The first kappa shape index (κ1) is 16.9. The highest BCUT2D eigenvalue weighted by atomic mass is 35.5. The monoisotopic (exact) mass is 358 g/mol. The standard InChI is InChI=1S/C15H13Cl3N2O2/c16-10-6-7-12(11(17)9-10)22-8-2-5-15(21)20-14-4-1-3-13(18)19-14/h1,3-4,6-7,9H,2,5,8H2,(H,19,20,21). The molecule has 0 unspecified atom stereocenters. The van der Waals surface area contributed by atoms with Crippen LogP contribution in [0.3, 0.4) is 0 Å². The Kier molecular flexibility index (Phi) is 6.31. The van der Waals surface area contributed by atoms with Crippen molar-refractivity contribution in [3.05, 3.63) is 51.6 Å². The molecule has 0 bridgehead atoms. The molecule has 7 heteroatoms. The summed E-state index contributed by atoms with van der Waals surface area (Å²) in [6.45, 7) is 0.373. The summed E-state index contributed by atoms with van der Waals surface area (Å²) in [7, 11) is 0. The maximum absolute atomic E-state index is 11.8. The third-order valence-corrected chi connectivity index (χ3v) is 3.42. The van der Waals surface area contributed by atoms with Crippen molar-refractivity contribution in [1.82, 2.24) is 4.98 Å². The van der Waals surface area contributed by atoms with Gasteiger partial charge in [-0.1, -0.05) is 40.9 Å². The highest BCUT2D eigenvalue weighted by Gasteiger charge is 2.05. The maximum atomic E-state index is 11.8. The first-order chi connectivity index (χ1) is 10.5. The van der Waals surface area contributed by atoms with Crippen molar-refractivity contribution < 1.29 is 9.53 Å².